The van der Waals surface area contributed by atoms with Crippen LogP contribution in [0.1, 0.15) is 11.3 Å². The second-order valence-electron chi connectivity index (χ2n) is 3.58. The topological polar surface area (TPSA) is 63.8 Å². The fourth-order valence-corrected chi connectivity index (χ4v) is 1.47. The summed E-state index contributed by atoms with van der Waals surface area (Å²) >= 11 is 0. The first-order chi connectivity index (χ1) is 7.75. The molecule has 0 aliphatic rings. The van der Waals surface area contributed by atoms with Gasteiger partial charge in [-0.2, -0.15) is 0 Å². The molecule has 0 radical (unpaired) electrons. The highest BCUT2D eigenvalue weighted by molar-refractivity contribution is 5.51. The zero-order valence-electron chi connectivity index (χ0n) is 9.14. The Balaban J connectivity index is 2.05. The molecule has 0 amide bonds. The molecule has 0 bridgehead atoms. The number of hydrogen-bond donors (Lipinski definition) is 2. The number of rotatable bonds is 3. The van der Waals surface area contributed by atoms with E-state index in [0.717, 1.165) is 17.9 Å². The van der Waals surface area contributed by atoms with Crippen LogP contribution in [0.3, 0.4) is 0 Å². The van der Waals surface area contributed by atoms with Crippen LogP contribution in [0, 0.1) is 6.92 Å². The van der Waals surface area contributed by atoms with Gasteiger partial charge in [-0.15, -0.1) is 0 Å². The van der Waals surface area contributed by atoms with Crippen molar-refractivity contribution in [3.8, 4) is 0 Å². The van der Waals surface area contributed by atoms with E-state index in [4.69, 9.17) is 5.73 Å². The number of nitrogens with one attached hydrogen (secondary N) is 1. The number of hydrogen-bond acceptors (Lipinski definition) is 4. The highest BCUT2D eigenvalue weighted by Gasteiger charge is 1.99. The molecule has 0 fully saturated rings. The Morgan fingerprint density at radius 1 is 1.19 bits per heavy atom. The van der Waals surface area contributed by atoms with Crippen LogP contribution in [0.25, 0.3) is 0 Å². The predicted molar refractivity (Wildman–Crippen MR) is 65.0 cm³/mol. The molecule has 4 nitrogen and oxygen atoms in total. The summed E-state index contributed by atoms with van der Waals surface area (Å²) in [7, 11) is 0. The summed E-state index contributed by atoms with van der Waals surface area (Å²) < 4.78 is 0. The van der Waals surface area contributed by atoms with Crippen molar-refractivity contribution in [2.45, 2.75) is 13.5 Å². The lowest BCUT2D eigenvalue weighted by Crippen LogP contribution is -2.03. The minimum Gasteiger partial charge on any atom is -0.384 e. The van der Waals surface area contributed by atoms with Gasteiger partial charge >= 0.3 is 0 Å². The molecular formula is C12H14N4. The van der Waals surface area contributed by atoms with Gasteiger partial charge in [0.25, 0.3) is 0 Å². The first-order valence-corrected chi connectivity index (χ1v) is 5.11. The maximum atomic E-state index is 5.59. The molecule has 0 spiro atoms. The molecule has 2 aromatic rings. The average molecular weight is 214 g/mol. The van der Waals surface area contributed by atoms with E-state index in [9.17, 15) is 0 Å². The van der Waals surface area contributed by atoms with E-state index < -0.39 is 0 Å². The lowest BCUT2D eigenvalue weighted by atomic mass is 10.2. The van der Waals surface area contributed by atoms with E-state index in [0.29, 0.717) is 5.82 Å². The smallest absolute Gasteiger partial charge is 0.123 e. The summed E-state index contributed by atoms with van der Waals surface area (Å²) in [5, 5.41) is 3.31. The summed E-state index contributed by atoms with van der Waals surface area (Å²) in [5.74, 6) is 0.548. The number of aromatic nitrogens is 2. The predicted octanol–water partition coefficient (Wildman–Crippen LogP) is 1.98. The molecular weight excluding hydrogens is 200 g/mol. The SMILES string of the molecule is Cc1nc(N)ccc1NCc1ccncc1. The van der Waals surface area contributed by atoms with Crippen LogP contribution in [0.5, 0.6) is 0 Å². The van der Waals surface area contributed by atoms with E-state index in [2.05, 4.69) is 15.3 Å². The summed E-state index contributed by atoms with van der Waals surface area (Å²) in [4.78, 5) is 8.16. The van der Waals surface area contributed by atoms with E-state index in [1.807, 2.05) is 25.1 Å². The third-order valence-corrected chi connectivity index (χ3v) is 2.34. The highest BCUT2D eigenvalue weighted by atomic mass is 14.9. The molecule has 2 heterocycles. The van der Waals surface area contributed by atoms with Crippen LogP contribution < -0.4 is 11.1 Å². The zero-order valence-corrected chi connectivity index (χ0v) is 9.14. The third-order valence-electron chi connectivity index (χ3n) is 2.34. The lowest BCUT2D eigenvalue weighted by Gasteiger charge is -2.09. The van der Waals surface area contributed by atoms with Gasteiger partial charge in [-0.25, -0.2) is 4.98 Å². The van der Waals surface area contributed by atoms with Crippen LogP contribution in [0.4, 0.5) is 11.5 Å². The summed E-state index contributed by atoms with van der Waals surface area (Å²) in [6.07, 6.45) is 3.57. The van der Waals surface area contributed by atoms with Gasteiger partial charge in [0.05, 0.1) is 11.4 Å². The second-order valence-corrected chi connectivity index (χ2v) is 3.58. The second kappa shape index (κ2) is 4.61. The van der Waals surface area contributed by atoms with Crippen molar-refractivity contribution in [1.82, 2.24) is 9.97 Å². The number of anilines is 2. The first kappa shape index (κ1) is 10.4. The number of aryl methyl sites for hydroxylation is 1. The van der Waals surface area contributed by atoms with Crippen molar-refractivity contribution < 1.29 is 0 Å². The Morgan fingerprint density at radius 2 is 1.94 bits per heavy atom. The summed E-state index contributed by atoms with van der Waals surface area (Å²) in [6, 6.07) is 7.70. The lowest BCUT2D eigenvalue weighted by molar-refractivity contribution is 1.10. The van der Waals surface area contributed by atoms with E-state index in [1.54, 1.807) is 18.5 Å². The van der Waals surface area contributed by atoms with Gasteiger partial charge in [0.15, 0.2) is 0 Å². The molecule has 82 valence electrons. The van der Waals surface area contributed by atoms with Crippen molar-refractivity contribution >= 4 is 11.5 Å². The molecule has 0 atom stereocenters. The average Bonchev–Trinajstić information content (AvgIpc) is 2.29. The highest BCUT2D eigenvalue weighted by Crippen LogP contribution is 2.14. The minimum atomic E-state index is 0.548. The first-order valence-electron chi connectivity index (χ1n) is 5.11. The van der Waals surface area contributed by atoms with Gasteiger partial charge in [-0.3, -0.25) is 4.98 Å². The Morgan fingerprint density at radius 3 is 2.62 bits per heavy atom. The number of pyridine rings is 2. The van der Waals surface area contributed by atoms with Crippen LogP contribution in [-0.4, -0.2) is 9.97 Å². The Labute approximate surface area is 94.5 Å². The van der Waals surface area contributed by atoms with Gasteiger partial charge in [-0.05, 0) is 36.8 Å². The Kier molecular flexibility index (Phi) is 3.00. The Bertz CT molecular complexity index is 468. The molecule has 2 rings (SSSR count). The molecule has 0 unspecified atom stereocenters. The van der Waals surface area contributed by atoms with Crippen molar-refractivity contribution in [3.63, 3.8) is 0 Å². The molecule has 0 aliphatic carbocycles. The van der Waals surface area contributed by atoms with Gasteiger partial charge in [0.2, 0.25) is 0 Å². The number of nitrogens with zero attached hydrogens (tertiary/aromatic N) is 2. The van der Waals surface area contributed by atoms with Crippen molar-refractivity contribution in [2.24, 2.45) is 0 Å². The van der Waals surface area contributed by atoms with Gasteiger partial charge in [0, 0.05) is 18.9 Å². The molecule has 2 aromatic heterocycles. The van der Waals surface area contributed by atoms with Crippen molar-refractivity contribution in [1.29, 1.82) is 0 Å². The maximum Gasteiger partial charge on any atom is 0.123 e. The van der Waals surface area contributed by atoms with Crippen LogP contribution in [0.15, 0.2) is 36.7 Å². The monoisotopic (exact) mass is 214 g/mol. The minimum absolute atomic E-state index is 0.548. The number of nitrogen functional groups attached to an aromatic ring is 1. The van der Waals surface area contributed by atoms with Gasteiger partial charge < -0.3 is 11.1 Å². The largest absolute Gasteiger partial charge is 0.384 e. The van der Waals surface area contributed by atoms with E-state index in [-0.39, 0.29) is 0 Å². The van der Waals surface area contributed by atoms with Crippen molar-refractivity contribution in [2.75, 3.05) is 11.1 Å². The van der Waals surface area contributed by atoms with Crippen LogP contribution in [-0.2, 0) is 6.54 Å². The van der Waals surface area contributed by atoms with E-state index in [1.165, 1.54) is 5.56 Å². The fourth-order valence-electron chi connectivity index (χ4n) is 1.47. The van der Waals surface area contributed by atoms with Crippen molar-refractivity contribution in [3.05, 3.63) is 47.9 Å². The molecule has 3 N–H and O–H groups in total. The normalized spacial score (nSPS) is 10.1. The maximum absolute atomic E-state index is 5.59. The summed E-state index contributed by atoms with van der Waals surface area (Å²) in [6.45, 7) is 2.69. The molecule has 0 aromatic carbocycles. The van der Waals surface area contributed by atoms with Crippen LogP contribution in [0.2, 0.25) is 0 Å². The molecule has 0 saturated heterocycles. The van der Waals surface area contributed by atoms with Gasteiger partial charge in [-0.1, -0.05) is 0 Å². The quantitative estimate of drug-likeness (QED) is 0.820. The molecule has 16 heavy (non-hydrogen) atoms. The van der Waals surface area contributed by atoms with Crippen LogP contribution >= 0.6 is 0 Å². The third kappa shape index (κ3) is 2.48. The molecule has 0 aliphatic heterocycles. The van der Waals surface area contributed by atoms with E-state index >= 15 is 0 Å². The zero-order chi connectivity index (χ0) is 11.4. The molecule has 4 heteroatoms. The fraction of sp³-hybridized carbons (Fsp3) is 0.167. The Hall–Kier alpha value is -2.10. The standard InChI is InChI=1S/C12H14N4/c1-9-11(2-3-12(13)16-9)15-8-10-4-6-14-7-5-10/h2-7,15H,8H2,1H3,(H2,13,16). The molecule has 0 saturated carbocycles. The number of nitrogens with two attached hydrogens (primary N) is 1. The summed E-state index contributed by atoms with van der Waals surface area (Å²) in [5.41, 5.74) is 8.69. The van der Waals surface area contributed by atoms with Gasteiger partial charge in [0.1, 0.15) is 5.82 Å².